The van der Waals surface area contributed by atoms with Crippen LogP contribution in [0, 0.1) is 0 Å². The van der Waals surface area contributed by atoms with Crippen molar-refractivity contribution in [2.24, 2.45) is 5.73 Å². The van der Waals surface area contributed by atoms with E-state index in [1.54, 1.807) is 12.1 Å². The first-order chi connectivity index (χ1) is 10.5. The average Bonchev–Trinajstić information content (AvgIpc) is 2.50. The van der Waals surface area contributed by atoms with Crippen molar-refractivity contribution >= 4 is 33.6 Å². The SMILES string of the molecule is NC1CCN(C(=O)CCNC(=O)Nc2ccc(Br)cc2)CC1. The van der Waals surface area contributed by atoms with E-state index in [9.17, 15) is 9.59 Å². The molecule has 1 aliphatic rings. The largest absolute Gasteiger partial charge is 0.343 e. The average molecular weight is 369 g/mol. The Hall–Kier alpha value is -1.60. The summed E-state index contributed by atoms with van der Waals surface area (Å²) in [5, 5.41) is 5.41. The molecule has 1 heterocycles. The highest BCUT2D eigenvalue weighted by atomic mass is 79.9. The van der Waals surface area contributed by atoms with Crippen LogP contribution in [0.5, 0.6) is 0 Å². The van der Waals surface area contributed by atoms with Crippen molar-refractivity contribution in [2.45, 2.75) is 25.3 Å². The molecule has 0 aliphatic carbocycles. The van der Waals surface area contributed by atoms with Crippen LogP contribution in [0.3, 0.4) is 0 Å². The number of nitrogens with zero attached hydrogens (tertiary/aromatic N) is 1. The summed E-state index contributed by atoms with van der Waals surface area (Å²) in [6.07, 6.45) is 2.01. The molecule has 0 radical (unpaired) electrons. The fourth-order valence-corrected chi connectivity index (χ4v) is 2.56. The van der Waals surface area contributed by atoms with Gasteiger partial charge >= 0.3 is 6.03 Å². The number of likely N-dealkylation sites (tertiary alicyclic amines) is 1. The second-order valence-corrected chi connectivity index (χ2v) is 6.27. The van der Waals surface area contributed by atoms with Gasteiger partial charge in [0.15, 0.2) is 0 Å². The maximum Gasteiger partial charge on any atom is 0.319 e. The monoisotopic (exact) mass is 368 g/mol. The summed E-state index contributed by atoms with van der Waals surface area (Å²) in [6, 6.07) is 7.19. The molecule has 1 aromatic carbocycles. The summed E-state index contributed by atoms with van der Waals surface area (Å²) in [4.78, 5) is 25.5. The van der Waals surface area contributed by atoms with Crippen molar-refractivity contribution in [2.75, 3.05) is 25.0 Å². The van der Waals surface area contributed by atoms with Crippen molar-refractivity contribution < 1.29 is 9.59 Å². The smallest absolute Gasteiger partial charge is 0.319 e. The molecule has 6 nitrogen and oxygen atoms in total. The van der Waals surface area contributed by atoms with Gasteiger partial charge < -0.3 is 21.3 Å². The Bertz CT molecular complexity index is 513. The van der Waals surface area contributed by atoms with E-state index in [4.69, 9.17) is 5.73 Å². The number of hydrogen-bond donors (Lipinski definition) is 3. The van der Waals surface area contributed by atoms with Crippen LogP contribution >= 0.6 is 15.9 Å². The highest BCUT2D eigenvalue weighted by Crippen LogP contribution is 2.14. The number of halogens is 1. The lowest BCUT2D eigenvalue weighted by Gasteiger charge is -2.30. The van der Waals surface area contributed by atoms with E-state index in [1.165, 1.54) is 0 Å². The summed E-state index contributed by atoms with van der Waals surface area (Å²) < 4.78 is 0.949. The number of amides is 3. The highest BCUT2D eigenvalue weighted by Gasteiger charge is 2.20. The molecule has 0 spiro atoms. The predicted octanol–water partition coefficient (Wildman–Crippen LogP) is 1.91. The predicted molar refractivity (Wildman–Crippen MR) is 89.6 cm³/mol. The van der Waals surface area contributed by atoms with Crippen LogP contribution in [0.25, 0.3) is 0 Å². The number of carbonyl (C=O) groups excluding carboxylic acids is 2. The summed E-state index contributed by atoms with van der Waals surface area (Å²) in [7, 11) is 0. The van der Waals surface area contributed by atoms with Gasteiger partial charge in [0.05, 0.1) is 0 Å². The van der Waals surface area contributed by atoms with Gasteiger partial charge in [0.25, 0.3) is 0 Å². The van der Waals surface area contributed by atoms with Gasteiger partial charge in [-0.2, -0.15) is 0 Å². The maximum atomic E-state index is 12.0. The van der Waals surface area contributed by atoms with Crippen LogP contribution in [0.4, 0.5) is 10.5 Å². The molecule has 0 unspecified atom stereocenters. The number of piperidine rings is 1. The van der Waals surface area contributed by atoms with Crippen molar-refractivity contribution in [1.82, 2.24) is 10.2 Å². The second kappa shape index (κ2) is 8.14. The number of nitrogens with one attached hydrogen (secondary N) is 2. The molecule has 1 fully saturated rings. The van der Waals surface area contributed by atoms with Crippen LogP contribution < -0.4 is 16.4 Å². The summed E-state index contributed by atoms with van der Waals surface area (Å²) in [5.74, 6) is 0.0656. The molecule has 1 aromatic rings. The van der Waals surface area contributed by atoms with E-state index in [0.29, 0.717) is 31.7 Å². The minimum Gasteiger partial charge on any atom is -0.343 e. The van der Waals surface area contributed by atoms with E-state index in [1.807, 2.05) is 17.0 Å². The quantitative estimate of drug-likeness (QED) is 0.758. The van der Waals surface area contributed by atoms with Crippen LogP contribution in [-0.2, 0) is 4.79 Å². The van der Waals surface area contributed by atoms with Crippen molar-refractivity contribution in [3.8, 4) is 0 Å². The summed E-state index contributed by atoms with van der Waals surface area (Å²) in [6.45, 7) is 1.75. The Balaban J connectivity index is 1.66. The van der Waals surface area contributed by atoms with Crippen molar-refractivity contribution in [3.63, 3.8) is 0 Å². The normalized spacial score (nSPS) is 15.5. The van der Waals surface area contributed by atoms with Gasteiger partial charge in [-0.3, -0.25) is 4.79 Å². The third-order valence-electron chi connectivity index (χ3n) is 3.62. The summed E-state index contributed by atoms with van der Waals surface area (Å²) in [5.41, 5.74) is 6.52. The Morgan fingerprint density at radius 1 is 1.23 bits per heavy atom. The van der Waals surface area contributed by atoms with Gasteiger partial charge in [0.2, 0.25) is 5.91 Å². The molecule has 0 aromatic heterocycles. The zero-order valence-electron chi connectivity index (χ0n) is 12.3. The van der Waals surface area contributed by atoms with Crippen LogP contribution in [0.2, 0.25) is 0 Å². The number of nitrogens with two attached hydrogens (primary N) is 1. The molecule has 4 N–H and O–H groups in total. The zero-order chi connectivity index (χ0) is 15.9. The Morgan fingerprint density at radius 2 is 1.86 bits per heavy atom. The topological polar surface area (TPSA) is 87.5 Å². The minimum absolute atomic E-state index is 0.0656. The summed E-state index contributed by atoms with van der Waals surface area (Å²) >= 11 is 3.33. The number of anilines is 1. The molecule has 1 aliphatic heterocycles. The fraction of sp³-hybridized carbons (Fsp3) is 0.467. The Kier molecular flexibility index (Phi) is 6.21. The van der Waals surface area contributed by atoms with Gasteiger partial charge in [0, 0.05) is 42.3 Å². The molecule has 7 heteroatoms. The Morgan fingerprint density at radius 3 is 2.50 bits per heavy atom. The third kappa shape index (κ3) is 5.31. The number of hydrogen-bond acceptors (Lipinski definition) is 3. The standard InChI is InChI=1S/C15H21BrN4O2/c16-11-1-3-13(4-2-11)19-15(22)18-8-5-14(21)20-9-6-12(17)7-10-20/h1-4,12H,5-10,17H2,(H2,18,19,22). The molecular weight excluding hydrogens is 348 g/mol. The first kappa shape index (κ1) is 16.8. The van der Waals surface area contributed by atoms with Gasteiger partial charge in [-0.15, -0.1) is 0 Å². The van der Waals surface area contributed by atoms with Crippen molar-refractivity contribution in [3.05, 3.63) is 28.7 Å². The highest BCUT2D eigenvalue weighted by molar-refractivity contribution is 9.10. The molecule has 120 valence electrons. The minimum atomic E-state index is -0.309. The lowest BCUT2D eigenvalue weighted by atomic mass is 10.1. The molecule has 0 bridgehead atoms. The second-order valence-electron chi connectivity index (χ2n) is 5.36. The number of carbonyl (C=O) groups is 2. The van der Waals surface area contributed by atoms with Gasteiger partial charge in [-0.1, -0.05) is 15.9 Å². The van der Waals surface area contributed by atoms with Gasteiger partial charge in [-0.05, 0) is 37.1 Å². The van der Waals surface area contributed by atoms with E-state index in [-0.39, 0.29) is 18.0 Å². The van der Waals surface area contributed by atoms with E-state index in [2.05, 4.69) is 26.6 Å². The van der Waals surface area contributed by atoms with Gasteiger partial charge in [0.1, 0.15) is 0 Å². The number of rotatable bonds is 4. The maximum absolute atomic E-state index is 12.0. The molecular formula is C15H21BrN4O2. The first-order valence-electron chi connectivity index (χ1n) is 7.38. The number of benzene rings is 1. The molecule has 2 rings (SSSR count). The lowest BCUT2D eigenvalue weighted by Crippen LogP contribution is -2.43. The van der Waals surface area contributed by atoms with Gasteiger partial charge in [-0.25, -0.2) is 4.79 Å². The van der Waals surface area contributed by atoms with Crippen LogP contribution in [-0.4, -0.2) is 42.5 Å². The molecule has 3 amide bonds. The molecule has 0 atom stereocenters. The molecule has 22 heavy (non-hydrogen) atoms. The lowest BCUT2D eigenvalue weighted by molar-refractivity contribution is -0.132. The Labute approximate surface area is 138 Å². The first-order valence-corrected chi connectivity index (χ1v) is 8.17. The number of urea groups is 1. The fourth-order valence-electron chi connectivity index (χ4n) is 2.30. The van der Waals surface area contributed by atoms with E-state index >= 15 is 0 Å². The van der Waals surface area contributed by atoms with Crippen molar-refractivity contribution in [1.29, 1.82) is 0 Å². The zero-order valence-corrected chi connectivity index (χ0v) is 13.9. The van der Waals surface area contributed by atoms with Crippen LogP contribution in [0.15, 0.2) is 28.7 Å². The molecule has 1 saturated heterocycles. The third-order valence-corrected chi connectivity index (χ3v) is 4.15. The van der Waals surface area contributed by atoms with E-state index < -0.39 is 0 Å². The van der Waals surface area contributed by atoms with Crippen LogP contribution in [0.1, 0.15) is 19.3 Å². The van der Waals surface area contributed by atoms with E-state index in [0.717, 1.165) is 17.3 Å². The molecule has 0 saturated carbocycles.